The molecule has 0 radical (unpaired) electrons. The van der Waals surface area contributed by atoms with Crippen molar-refractivity contribution in [3.05, 3.63) is 69.0 Å². The highest BCUT2D eigenvalue weighted by Gasteiger charge is 2.25. The number of non-ortho nitro benzene ring substituents is 1. The molecule has 10 heteroatoms. The molecular formula is C21H22ClFN4O4. The molecule has 1 aliphatic rings. The highest BCUT2D eigenvalue weighted by molar-refractivity contribution is 6.33. The fourth-order valence-electron chi connectivity index (χ4n) is 3.32. The highest BCUT2D eigenvalue weighted by Crippen LogP contribution is 2.20. The summed E-state index contributed by atoms with van der Waals surface area (Å²) < 4.78 is 13.2. The van der Waals surface area contributed by atoms with E-state index in [0.717, 1.165) is 11.8 Å². The first-order valence-electron chi connectivity index (χ1n) is 9.85. The van der Waals surface area contributed by atoms with Crippen molar-refractivity contribution in [2.75, 3.05) is 38.0 Å². The molecule has 3 rings (SSSR count). The maximum atomic E-state index is 13.2. The van der Waals surface area contributed by atoms with Gasteiger partial charge in [-0.3, -0.25) is 19.7 Å². The normalized spacial score (nSPS) is 13.7. The third-order valence-corrected chi connectivity index (χ3v) is 5.37. The zero-order valence-corrected chi connectivity index (χ0v) is 17.5. The van der Waals surface area contributed by atoms with Crippen LogP contribution in [0.5, 0.6) is 0 Å². The van der Waals surface area contributed by atoms with Crippen LogP contribution in [0.4, 0.5) is 15.8 Å². The molecule has 1 heterocycles. The van der Waals surface area contributed by atoms with Crippen LogP contribution in [0.25, 0.3) is 0 Å². The van der Waals surface area contributed by atoms with Gasteiger partial charge in [-0.1, -0.05) is 11.6 Å². The molecule has 0 aliphatic carbocycles. The molecule has 8 nitrogen and oxygen atoms in total. The molecule has 0 aromatic heterocycles. The minimum Gasteiger partial charge on any atom is -0.385 e. The number of hydrogen-bond donors (Lipinski definition) is 1. The van der Waals surface area contributed by atoms with Gasteiger partial charge in [0.25, 0.3) is 11.6 Å². The van der Waals surface area contributed by atoms with Crippen molar-refractivity contribution < 1.29 is 18.9 Å². The van der Waals surface area contributed by atoms with E-state index >= 15 is 0 Å². The van der Waals surface area contributed by atoms with Gasteiger partial charge in [-0.15, -0.1) is 0 Å². The van der Waals surface area contributed by atoms with Gasteiger partial charge in [0, 0.05) is 57.0 Å². The van der Waals surface area contributed by atoms with Gasteiger partial charge in [-0.05, 0) is 36.8 Å². The smallest absolute Gasteiger partial charge is 0.269 e. The second-order valence-corrected chi connectivity index (χ2v) is 7.54. The lowest BCUT2D eigenvalue weighted by molar-refractivity contribution is -0.384. The van der Waals surface area contributed by atoms with Gasteiger partial charge in [0.15, 0.2) is 0 Å². The summed E-state index contributed by atoms with van der Waals surface area (Å²) in [5, 5.41) is 13.9. The predicted octanol–water partition coefficient (Wildman–Crippen LogP) is 3.56. The molecular weight excluding hydrogens is 427 g/mol. The molecule has 1 saturated heterocycles. The van der Waals surface area contributed by atoms with Crippen LogP contribution >= 0.6 is 11.6 Å². The Bertz CT molecular complexity index is 962. The molecule has 0 spiro atoms. The van der Waals surface area contributed by atoms with E-state index in [9.17, 15) is 24.1 Å². The quantitative estimate of drug-likeness (QED) is 0.397. The maximum absolute atomic E-state index is 13.2. The second kappa shape index (κ2) is 10.2. The average Bonchev–Trinajstić information content (AvgIpc) is 2.76. The van der Waals surface area contributed by atoms with E-state index in [1.54, 1.807) is 21.9 Å². The van der Waals surface area contributed by atoms with Crippen LogP contribution in [0.2, 0.25) is 5.02 Å². The van der Waals surface area contributed by atoms with Gasteiger partial charge in [-0.2, -0.15) is 0 Å². The van der Waals surface area contributed by atoms with E-state index in [4.69, 9.17) is 11.6 Å². The Labute approximate surface area is 183 Å². The third kappa shape index (κ3) is 5.91. The number of nitro benzene ring substituents is 1. The average molecular weight is 449 g/mol. The Morgan fingerprint density at radius 2 is 1.71 bits per heavy atom. The van der Waals surface area contributed by atoms with Crippen molar-refractivity contribution in [1.82, 2.24) is 9.80 Å². The number of piperazine rings is 1. The highest BCUT2D eigenvalue weighted by atomic mass is 35.5. The molecule has 1 aliphatic heterocycles. The first kappa shape index (κ1) is 22.5. The summed E-state index contributed by atoms with van der Waals surface area (Å²) in [6.45, 7) is 2.20. The number of nitrogens with zero attached hydrogens (tertiary/aromatic N) is 3. The molecule has 0 bridgehead atoms. The molecule has 164 valence electrons. The number of anilines is 1. The van der Waals surface area contributed by atoms with Gasteiger partial charge >= 0.3 is 0 Å². The fourth-order valence-corrected chi connectivity index (χ4v) is 3.57. The molecule has 2 aromatic carbocycles. The summed E-state index contributed by atoms with van der Waals surface area (Å²) in [6, 6.07) is 9.78. The van der Waals surface area contributed by atoms with Crippen molar-refractivity contribution >= 4 is 34.8 Å². The van der Waals surface area contributed by atoms with Crippen LogP contribution in [0.1, 0.15) is 23.2 Å². The van der Waals surface area contributed by atoms with Crippen LogP contribution < -0.4 is 5.32 Å². The number of nitrogens with one attached hydrogen (secondary N) is 1. The number of nitro groups is 1. The van der Waals surface area contributed by atoms with E-state index in [2.05, 4.69) is 5.32 Å². The number of benzene rings is 2. The lowest BCUT2D eigenvalue weighted by atomic mass is 10.1. The number of amides is 2. The SMILES string of the molecule is O=C(CCCNc1ccc([N+](=O)[O-])cc1)N1CCN(C(=O)c2ccc(F)cc2Cl)CC1. The zero-order chi connectivity index (χ0) is 22.4. The Kier molecular flexibility index (Phi) is 7.41. The molecule has 0 saturated carbocycles. The number of carbonyl (C=O) groups excluding carboxylic acids is 2. The number of rotatable bonds is 7. The van der Waals surface area contributed by atoms with Crippen LogP contribution in [-0.4, -0.2) is 59.3 Å². The lowest BCUT2D eigenvalue weighted by Gasteiger charge is -2.35. The Hall–Kier alpha value is -3.20. The first-order chi connectivity index (χ1) is 14.8. The van der Waals surface area contributed by atoms with E-state index in [1.165, 1.54) is 24.3 Å². The van der Waals surface area contributed by atoms with E-state index in [0.29, 0.717) is 45.6 Å². The van der Waals surface area contributed by atoms with E-state index in [1.807, 2.05) is 0 Å². The molecule has 2 aromatic rings. The monoisotopic (exact) mass is 448 g/mol. The number of carbonyl (C=O) groups is 2. The predicted molar refractivity (Wildman–Crippen MR) is 115 cm³/mol. The largest absolute Gasteiger partial charge is 0.385 e. The molecule has 2 amide bonds. The standard InChI is InChI=1S/C21H22ClFN4O4/c22-19-14-15(23)3-8-18(19)21(29)26-12-10-25(11-13-26)20(28)2-1-9-24-16-4-6-17(7-5-16)27(30)31/h3-8,14,24H,1-2,9-13H2. The second-order valence-electron chi connectivity index (χ2n) is 7.13. The van der Waals surface area contributed by atoms with Crippen LogP contribution in [-0.2, 0) is 4.79 Å². The number of halogens is 2. The van der Waals surface area contributed by atoms with Gasteiger partial charge in [-0.25, -0.2) is 4.39 Å². The number of hydrogen-bond acceptors (Lipinski definition) is 5. The van der Waals surface area contributed by atoms with Crippen LogP contribution in [0, 0.1) is 15.9 Å². The molecule has 0 atom stereocenters. The summed E-state index contributed by atoms with van der Waals surface area (Å²) in [5.41, 5.74) is 1.03. The van der Waals surface area contributed by atoms with E-state index < -0.39 is 10.7 Å². The minimum atomic E-state index is -0.500. The molecule has 1 fully saturated rings. The Morgan fingerprint density at radius 1 is 1.06 bits per heavy atom. The summed E-state index contributed by atoms with van der Waals surface area (Å²) in [7, 11) is 0. The lowest BCUT2D eigenvalue weighted by Crippen LogP contribution is -2.50. The summed E-state index contributed by atoms with van der Waals surface area (Å²) in [5.74, 6) is -0.762. The summed E-state index contributed by atoms with van der Waals surface area (Å²) in [6.07, 6.45) is 0.970. The van der Waals surface area contributed by atoms with Crippen LogP contribution in [0.3, 0.4) is 0 Å². The van der Waals surface area contributed by atoms with Gasteiger partial charge in [0.1, 0.15) is 5.82 Å². The van der Waals surface area contributed by atoms with Crippen molar-refractivity contribution in [2.45, 2.75) is 12.8 Å². The van der Waals surface area contributed by atoms with Gasteiger partial charge in [0.05, 0.1) is 15.5 Å². The van der Waals surface area contributed by atoms with Crippen molar-refractivity contribution in [1.29, 1.82) is 0 Å². The Morgan fingerprint density at radius 3 is 2.32 bits per heavy atom. The summed E-state index contributed by atoms with van der Waals surface area (Å²) in [4.78, 5) is 38.5. The third-order valence-electron chi connectivity index (χ3n) is 5.06. The van der Waals surface area contributed by atoms with Gasteiger partial charge in [0.2, 0.25) is 5.91 Å². The molecule has 0 unspecified atom stereocenters. The summed E-state index contributed by atoms with van der Waals surface area (Å²) >= 11 is 5.97. The Balaban J connectivity index is 1.39. The zero-order valence-electron chi connectivity index (χ0n) is 16.7. The topological polar surface area (TPSA) is 95.8 Å². The van der Waals surface area contributed by atoms with Crippen molar-refractivity contribution in [2.24, 2.45) is 0 Å². The fraction of sp³-hybridized carbons (Fsp3) is 0.333. The molecule has 1 N–H and O–H groups in total. The van der Waals surface area contributed by atoms with E-state index in [-0.39, 0.29) is 28.1 Å². The van der Waals surface area contributed by atoms with Gasteiger partial charge < -0.3 is 15.1 Å². The first-order valence-corrected chi connectivity index (χ1v) is 10.2. The van der Waals surface area contributed by atoms with Crippen molar-refractivity contribution in [3.63, 3.8) is 0 Å². The molecule has 31 heavy (non-hydrogen) atoms. The van der Waals surface area contributed by atoms with Crippen LogP contribution in [0.15, 0.2) is 42.5 Å². The maximum Gasteiger partial charge on any atom is 0.269 e. The van der Waals surface area contributed by atoms with Crippen molar-refractivity contribution in [3.8, 4) is 0 Å². The minimum absolute atomic E-state index is 0.0115.